The molecule has 4 amide bonds. The number of rotatable bonds is 20. The number of hydrogen-bond donors (Lipinski definition) is 0. The minimum absolute atomic E-state index is 0. The number of fused-ring (bicyclic) bond motifs is 2. The van der Waals surface area contributed by atoms with Crippen LogP contribution in [0.4, 0.5) is 11.4 Å². The molecule has 20 nitrogen and oxygen atoms in total. The predicted octanol–water partition coefficient (Wildman–Crippen LogP) is 8.81. The van der Waals surface area contributed by atoms with Crippen LogP contribution in [-0.2, 0) is 80.8 Å². The van der Waals surface area contributed by atoms with Crippen LogP contribution in [0.2, 0.25) is 0 Å². The molecule has 0 N–H and O–H groups in total. The number of amides is 4. The number of ketones is 2. The van der Waals surface area contributed by atoms with Crippen LogP contribution in [0, 0.1) is 11.8 Å². The number of para-hydroxylation sites is 4. The van der Waals surface area contributed by atoms with Crippen molar-refractivity contribution in [2.24, 2.45) is 22.0 Å². The summed E-state index contributed by atoms with van der Waals surface area (Å²) in [5, 5.41) is 33.4. The summed E-state index contributed by atoms with van der Waals surface area (Å²) in [7, 11) is 6.12. The maximum absolute atomic E-state index is 12.4. The van der Waals surface area contributed by atoms with Crippen LogP contribution in [0.1, 0.15) is 146 Å². The van der Waals surface area contributed by atoms with Crippen molar-refractivity contribution in [3.63, 3.8) is 0 Å². The van der Waals surface area contributed by atoms with Crippen molar-refractivity contribution in [3.05, 3.63) is 118 Å². The number of unbranched alkanes of at least 4 members (excludes halogenated alkanes) is 8. The summed E-state index contributed by atoms with van der Waals surface area (Å²) < 4.78 is 20.4. The van der Waals surface area contributed by atoms with Gasteiger partial charge >= 0.3 is 44.9 Å². The first kappa shape index (κ1) is 74.6. The van der Waals surface area contributed by atoms with E-state index in [0.717, 1.165) is 84.3 Å². The molecule has 0 fully saturated rings. The first-order valence-electron chi connectivity index (χ1n) is 27.6. The van der Waals surface area contributed by atoms with Crippen LogP contribution in [0.15, 0.2) is 129 Å². The molecule has 4 aliphatic rings. The first-order chi connectivity index (χ1) is 38.9. The van der Waals surface area contributed by atoms with Crippen LogP contribution < -0.4 is 29.5 Å². The van der Waals surface area contributed by atoms with E-state index < -0.39 is 46.8 Å². The largest absolute Gasteiger partial charge is 2.00 e. The number of benzene rings is 2. The van der Waals surface area contributed by atoms with Crippen LogP contribution in [-0.4, -0.2) is 96.9 Å². The molecule has 0 bridgehead atoms. The number of imide groups is 2. The Morgan fingerprint density at radius 1 is 0.548 bits per heavy atom. The van der Waals surface area contributed by atoms with Crippen LogP contribution in [0.25, 0.3) is 0 Å². The van der Waals surface area contributed by atoms with Gasteiger partial charge in [0.05, 0.1) is 59.3 Å². The zero-order chi connectivity index (χ0) is 61.4. The molecule has 0 aromatic heterocycles. The van der Waals surface area contributed by atoms with E-state index in [1.54, 1.807) is 65.8 Å². The minimum Gasteiger partial charge on any atom is -0.875 e. The number of ether oxygens (including phenoxy) is 4. The zero-order valence-corrected chi connectivity index (χ0v) is 52.6. The Kier molecular flexibility index (Phi) is 32.8. The third kappa shape index (κ3) is 21.0. The number of hydrogen-bond acceptors (Lipinski definition) is 18. The normalized spacial score (nSPS) is 16.3. The van der Waals surface area contributed by atoms with Gasteiger partial charge in [-0.1, -0.05) is 130 Å². The average molecular weight is 1250 g/mol. The number of hydrazone groups is 2. The molecule has 0 unspecified atom stereocenters. The Morgan fingerprint density at radius 2 is 0.869 bits per heavy atom. The third-order valence-corrected chi connectivity index (χ3v) is 12.9. The number of carbonyl (C=O) groups is 8. The Balaban J connectivity index is 0.000000565. The molecule has 0 aliphatic carbocycles. The number of allylic oxidation sites excluding steroid dienone is 6. The van der Waals surface area contributed by atoms with Crippen molar-refractivity contribution in [2.75, 3.05) is 38.1 Å². The van der Waals surface area contributed by atoms with Gasteiger partial charge in [0.15, 0.2) is 34.8 Å². The summed E-state index contributed by atoms with van der Waals surface area (Å²) in [5.74, 6) is -2.73. The van der Waals surface area contributed by atoms with Gasteiger partial charge in [-0.3, -0.25) is 28.8 Å². The molecule has 0 saturated heterocycles. The fraction of sp³-hybridized carbons (Fsp3) is 0.452. The second-order valence-electron chi connectivity index (χ2n) is 20.0. The monoisotopic (exact) mass is 1250 g/mol. The van der Waals surface area contributed by atoms with Crippen molar-refractivity contribution in [3.8, 4) is 11.5 Å². The molecule has 22 heteroatoms. The van der Waals surface area contributed by atoms with Gasteiger partial charge in [-0.05, 0) is 89.1 Å². The Hall–Kier alpha value is -7.43. The van der Waals surface area contributed by atoms with Gasteiger partial charge in [0.1, 0.15) is 0 Å². The summed E-state index contributed by atoms with van der Waals surface area (Å²) in [6, 6.07) is 15.4. The summed E-state index contributed by atoms with van der Waals surface area (Å²) in [6.07, 6.45) is 17.3. The van der Waals surface area contributed by atoms with E-state index in [4.69, 9.17) is 9.47 Å². The number of carbonyl (C=O) groups excluding carboxylic acids is 8. The number of Topliss-reactive ketones (excluding diaryl/α,β-unsaturated/α-hetero) is 2. The summed E-state index contributed by atoms with van der Waals surface area (Å²) in [4.78, 5) is 97.4. The maximum Gasteiger partial charge on any atom is 2.00 e. The van der Waals surface area contributed by atoms with Gasteiger partial charge in [-0.15, -0.1) is 11.5 Å². The molecule has 460 valence electrons. The summed E-state index contributed by atoms with van der Waals surface area (Å²) in [5.41, 5.74) is 3.08. The van der Waals surface area contributed by atoms with E-state index in [1.165, 1.54) is 28.1 Å². The van der Waals surface area contributed by atoms with E-state index in [0.29, 0.717) is 47.2 Å². The second-order valence-corrected chi connectivity index (χ2v) is 20.0. The van der Waals surface area contributed by atoms with Crippen molar-refractivity contribution >= 4 is 69.9 Å². The number of methoxy groups -OCH3 is 2. The van der Waals surface area contributed by atoms with Crippen molar-refractivity contribution in [1.29, 1.82) is 0 Å². The molecular weight excluding hydrogens is 1170 g/mol. The molecule has 0 atom stereocenters. The van der Waals surface area contributed by atoms with Gasteiger partial charge in [0.25, 0.3) is 23.6 Å². The Bertz CT molecular complexity index is 2760. The zero-order valence-electron chi connectivity index (χ0n) is 50.6. The maximum atomic E-state index is 12.4. The van der Waals surface area contributed by atoms with E-state index in [9.17, 15) is 48.6 Å². The minimum atomic E-state index is -0.823. The van der Waals surface area contributed by atoms with Gasteiger partial charge in [-0.25, -0.2) is 9.59 Å². The van der Waals surface area contributed by atoms with E-state index in [2.05, 4.69) is 33.5 Å². The van der Waals surface area contributed by atoms with Gasteiger partial charge in [0, 0.05) is 25.9 Å². The molecule has 0 spiro atoms. The van der Waals surface area contributed by atoms with Crippen LogP contribution >= 0.6 is 0 Å². The average Bonchev–Trinajstić information content (AvgIpc) is 4.30. The summed E-state index contributed by atoms with van der Waals surface area (Å²) in [6.45, 7) is 17.0. The third-order valence-electron chi connectivity index (χ3n) is 12.9. The SMILES string of the molecule is CC1=NN(C(=O)C(C)C)C(=O)/C1=C/C=C1/Oc2ccccc2N1C.CC1=NN(C(=O)C(C)C)C(=O)/C1=C/C=C1/Oc2ccccc2N1C.CCCCCCC/C([O-])=C(/C(C)=O)C(=O)OC.CCCCCCC/C([O-])=C(/C(C)=O)C(=O)OC.[Ni+2].[Ni+2]. The van der Waals surface area contributed by atoms with Gasteiger partial charge in [-0.2, -0.15) is 20.2 Å². The topological polar surface area (TPSA) is 257 Å². The Labute approximate surface area is 514 Å². The quantitative estimate of drug-likeness (QED) is 0.0228. The van der Waals surface area contributed by atoms with Crippen molar-refractivity contribution < 1.29 is 100 Å². The molecule has 2 aromatic carbocycles. The first-order valence-corrected chi connectivity index (χ1v) is 27.6. The number of anilines is 2. The number of nitrogens with zero attached hydrogens (tertiary/aromatic N) is 6. The molecule has 84 heavy (non-hydrogen) atoms. The molecule has 0 saturated carbocycles. The molecule has 4 aliphatic heterocycles. The van der Waals surface area contributed by atoms with Crippen LogP contribution in [0.5, 0.6) is 11.5 Å². The molecule has 4 heterocycles. The van der Waals surface area contributed by atoms with Gasteiger partial charge < -0.3 is 39.0 Å². The summed E-state index contributed by atoms with van der Waals surface area (Å²) >= 11 is 0. The van der Waals surface area contributed by atoms with E-state index in [-0.39, 0.29) is 80.6 Å². The smallest absolute Gasteiger partial charge is 0.875 e. The van der Waals surface area contributed by atoms with Crippen molar-refractivity contribution in [2.45, 2.75) is 146 Å². The molecular formula is C62H80N6Ni2O14+2. The molecule has 0 radical (unpaired) electrons. The molecule has 6 rings (SSSR count). The van der Waals surface area contributed by atoms with Gasteiger partial charge in [0.2, 0.25) is 0 Å². The van der Waals surface area contributed by atoms with Crippen LogP contribution in [0.3, 0.4) is 0 Å². The molecule has 2 aromatic rings. The fourth-order valence-electron chi connectivity index (χ4n) is 8.19. The number of esters is 2. The second kappa shape index (κ2) is 37.0. The van der Waals surface area contributed by atoms with Crippen molar-refractivity contribution in [1.82, 2.24) is 10.0 Å². The van der Waals surface area contributed by atoms with E-state index >= 15 is 0 Å². The predicted molar refractivity (Wildman–Crippen MR) is 309 cm³/mol. The fourth-order valence-corrected chi connectivity index (χ4v) is 8.19. The standard InChI is InChI=1S/2C18H19N3O3.2C13H22O4.2Ni/c2*1-11(2)17(22)21-18(23)13(12(3)19-21)9-10-16-20(4)14-7-5-6-8-15(14)24-16;2*1-4-5-6-7-8-9-11(15)12(10(2)14)13(16)17-3;;/h2*5-11H,1-4H3;2*15H,4-9H2,1-3H3;;/q;;;;2*+2/p-2/b2*13-9+,16-10+;2*12-11+;;. The Morgan fingerprint density at radius 3 is 1.15 bits per heavy atom. The van der Waals surface area contributed by atoms with E-state index in [1.807, 2.05) is 72.4 Å².